The number of benzene rings is 3. The van der Waals surface area contributed by atoms with E-state index in [9.17, 15) is 9.59 Å². The van der Waals surface area contributed by atoms with Gasteiger partial charge in [-0.2, -0.15) is 0 Å². The molecule has 0 unspecified atom stereocenters. The fraction of sp³-hybridized carbons (Fsp3) is 0.103. The molecule has 0 bridgehead atoms. The van der Waals surface area contributed by atoms with Crippen molar-refractivity contribution in [3.63, 3.8) is 0 Å². The van der Waals surface area contributed by atoms with Gasteiger partial charge in [-0.15, -0.1) is 0 Å². The van der Waals surface area contributed by atoms with Crippen molar-refractivity contribution in [2.75, 3.05) is 31.5 Å². The number of aromatic nitrogens is 2. The van der Waals surface area contributed by atoms with Crippen LogP contribution in [-0.4, -0.2) is 42.8 Å². The predicted octanol–water partition coefficient (Wildman–Crippen LogP) is 5.25. The summed E-state index contributed by atoms with van der Waals surface area (Å²) in [6.45, 7) is 0. The molecule has 0 fully saturated rings. The minimum Gasteiger partial charge on any atom is -0.493 e. The van der Waals surface area contributed by atoms with E-state index >= 15 is 0 Å². The Morgan fingerprint density at radius 3 is 2.35 bits per heavy atom. The van der Waals surface area contributed by atoms with E-state index in [0.717, 1.165) is 11.4 Å². The Hall–Kier alpha value is -4.98. The molecule has 0 saturated heterocycles. The van der Waals surface area contributed by atoms with Crippen molar-refractivity contribution >= 4 is 50.9 Å². The topological polar surface area (TPSA) is 93.7 Å². The number of allylic oxidation sites excluding steroid dienone is 4. The molecule has 37 heavy (non-hydrogen) atoms. The monoisotopic (exact) mass is 492 g/mol. The summed E-state index contributed by atoms with van der Waals surface area (Å²) in [5.74, 6) is 1.11. The van der Waals surface area contributed by atoms with Crippen LogP contribution in [0.5, 0.6) is 11.5 Å². The van der Waals surface area contributed by atoms with Gasteiger partial charge in [0.15, 0.2) is 23.1 Å². The zero-order valence-electron chi connectivity index (χ0n) is 20.6. The van der Waals surface area contributed by atoms with E-state index in [1.54, 1.807) is 26.4 Å². The summed E-state index contributed by atoms with van der Waals surface area (Å²) in [4.78, 5) is 35.9. The van der Waals surface area contributed by atoms with Gasteiger partial charge in [0.05, 0.1) is 19.7 Å². The maximum absolute atomic E-state index is 12.9. The maximum Gasteiger partial charge on any atom is 0.186 e. The molecule has 5 rings (SSSR count). The molecule has 1 N–H and O–H groups in total. The molecular formula is C29H24N4O4. The molecule has 0 spiro atoms. The van der Waals surface area contributed by atoms with Crippen molar-refractivity contribution < 1.29 is 19.1 Å². The Bertz CT molecular complexity index is 1580. The number of anilines is 4. The number of nitrogens with zero attached hydrogens (tertiary/aromatic N) is 3. The average Bonchev–Trinajstić information content (AvgIpc) is 2.94. The number of hydrogen-bond donors (Lipinski definition) is 1. The normalized spacial score (nSPS) is 12.9. The van der Waals surface area contributed by atoms with Gasteiger partial charge in [-0.25, -0.2) is 9.97 Å². The lowest BCUT2D eigenvalue weighted by molar-refractivity contribution is -0.113. The van der Waals surface area contributed by atoms with Crippen molar-refractivity contribution in [3.8, 4) is 11.5 Å². The van der Waals surface area contributed by atoms with Gasteiger partial charge in [0, 0.05) is 46.7 Å². The molecule has 0 atom stereocenters. The summed E-state index contributed by atoms with van der Waals surface area (Å²) >= 11 is 0. The molecule has 1 aromatic heterocycles. The fourth-order valence-electron chi connectivity index (χ4n) is 4.20. The molecule has 0 saturated carbocycles. The van der Waals surface area contributed by atoms with E-state index in [1.165, 1.54) is 24.6 Å². The first-order chi connectivity index (χ1) is 18.0. The number of methoxy groups -OCH3 is 2. The summed E-state index contributed by atoms with van der Waals surface area (Å²) in [5.41, 5.74) is 3.98. The second-order valence-corrected chi connectivity index (χ2v) is 8.35. The van der Waals surface area contributed by atoms with E-state index < -0.39 is 0 Å². The molecule has 1 aliphatic carbocycles. The number of rotatable bonds is 7. The minimum atomic E-state index is -0.249. The maximum atomic E-state index is 12.9. The molecule has 1 heterocycles. The summed E-state index contributed by atoms with van der Waals surface area (Å²) in [7, 11) is 5.07. The van der Waals surface area contributed by atoms with Crippen molar-refractivity contribution in [1.82, 2.24) is 9.97 Å². The third-order valence-corrected chi connectivity index (χ3v) is 6.17. The quantitative estimate of drug-likeness (QED) is 0.350. The molecule has 3 aromatic carbocycles. The third-order valence-electron chi connectivity index (χ3n) is 6.17. The van der Waals surface area contributed by atoms with Gasteiger partial charge < -0.3 is 19.7 Å². The molecule has 0 aliphatic heterocycles. The Kier molecular flexibility index (Phi) is 6.38. The van der Waals surface area contributed by atoms with Crippen molar-refractivity contribution in [3.05, 3.63) is 90.8 Å². The Labute approximate surface area is 213 Å². The lowest BCUT2D eigenvalue weighted by Crippen LogP contribution is -2.12. The highest BCUT2D eigenvalue weighted by molar-refractivity contribution is 6.34. The Balaban J connectivity index is 1.63. The fourth-order valence-corrected chi connectivity index (χ4v) is 4.20. The zero-order chi connectivity index (χ0) is 25.9. The lowest BCUT2D eigenvalue weighted by atomic mass is 9.94. The van der Waals surface area contributed by atoms with Crippen molar-refractivity contribution in [2.24, 2.45) is 0 Å². The van der Waals surface area contributed by atoms with Crippen LogP contribution in [0.15, 0.2) is 85.2 Å². The van der Waals surface area contributed by atoms with Gasteiger partial charge in [-0.3, -0.25) is 9.59 Å². The number of ether oxygens (including phenoxy) is 2. The van der Waals surface area contributed by atoms with E-state index in [-0.39, 0.29) is 11.6 Å². The lowest BCUT2D eigenvalue weighted by Gasteiger charge is -2.23. The van der Waals surface area contributed by atoms with E-state index in [4.69, 9.17) is 9.47 Å². The minimum absolute atomic E-state index is 0.244. The summed E-state index contributed by atoms with van der Waals surface area (Å²) in [5, 5.41) is 4.05. The van der Waals surface area contributed by atoms with Gasteiger partial charge >= 0.3 is 0 Å². The SMILES string of the molecule is COc1cc2ncnc(Nc3ccc(N(C)c4ccccc4)cc3C3=CC(=O)C=CC3=O)c2cc1OC. The van der Waals surface area contributed by atoms with Crippen molar-refractivity contribution in [2.45, 2.75) is 0 Å². The Morgan fingerprint density at radius 2 is 1.59 bits per heavy atom. The molecular weight excluding hydrogens is 468 g/mol. The van der Waals surface area contributed by atoms with Gasteiger partial charge in [0.1, 0.15) is 12.1 Å². The van der Waals surface area contributed by atoms with Crippen LogP contribution in [0.2, 0.25) is 0 Å². The summed E-state index contributed by atoms with van der Waals surface area (Å²) in [6.07, 6.45) is 5.38. The molecule has 1 aliphatic rings. The van der Waals surface area contributed by atoms with Crippen LogP contribution in [0.4, 0.5) is 22.9 Å². The van der Waals surface area contributed by atoms with E-state index in [2.05, 4.69) is 15.3 Å². The van der Waals surface area contributed by atoms with Gasteiger partial charge in [-0.05, 0) is 54.6 Å². The predicted molar refractivity (Wildman–Crippen MR) is 144 cm³/mol. The average molecular weight is 493 g/mol. The van der Waals surface area contributed by atoms with Crippen LogP contribution < -0.4 is 19.7 Å². The number of carbonyl (C=O) groups is 2. The molecule has 8 heteroatoms. The molecule has 8 nitrogen and oxygen atoms in total. The molecule has 0 amide bonds. The molecule has 0 radical (unpaired) electrons. The van der Waals surface area contributed by atoms with Gasteiger partial charge in [0.25, 0.3) is 0 Å². The number of nitrogens with one attached hydrogen (secondary N) is 1. The third kappa shape index (κ3) is 4.64. The van der Waals surface area contributed by atoms with Crippen LogP contribution in [-0.2, 0) is 9.59 Å². The first-order valence-electron chi connectivity index (χ1n) is 11.5. The number of ketones is 2. The van der Waals surface area contributed by atoms with Crippen molar-refractivity contribution in [1.29, 1.82) is 0 Å². The number of fused-ring (bicyclic) bond motifs is 1. The van der Waals surface area contributed by atoms with Crippen LogP contribution in [0.1, 0.15) is 5.56 Å². The molecule has 4 aromatic rings. The highest BCUT2D eigenvalue weighted by atomic mass is 16.5. The number of carbonyl (C=O) groups excluding carboxylic acids is 2. The zero-order valence-corrected chi connectivity index (χ0v) is 20.6. The second kappa shape index (κ2) is 9.94. The van der Waals surface area contributed by atoms with Crippen LogP contribution in [0, 0.1) is 0 Å². The summed E-state index contributed by atoms with van der Waals surface area (Å²) in [6, 6.07) is 19.1. The smallest absolute Gasteiger partial charge is 0.186 e. The van der Waals surface area contributed by atoms with E-state index in [1.807, 2.05) is 60.5 Å². The largest absolute Gasteiger partial charge is 0.493 e. The Morgan fingerprint density at radius 1 is 0.838 bits per heavy atom. The van der Waals surface area contributed by atoms with Crippen LogP contribution in [0.25, 0.3) is 16.5 Å². The molecule has 184 valence electrons. The highest BCUT2D eigenvalue weighted by Crippen LogP contribution is 2.37. The first-order valence-corrected chi connectivity index (χ1v) is 11.5. The van der Waals surface area contributed by atoms with Crippen LogP contribution >= 0.6 is 0 Å². The van der Waals surface area contributed by atoms with E-state index in [0.29, 0.717) is 45.0 Å². The van der Waals surface area contributed by atoms with Crippen LogP contribution in [0.3, 0.4) is 0 Å². The number of hydrogen-bond acceptors (Lipinski definition) is 8. The second-order valence-electron chi connectivity index (χ2n) is 8.35. The van der Waals surface area contributed by atoms with Gasteiger partial charge in [-0.1, -0.05) is 18.2 Å². The highest BCUT2D eigenvalue weighted by Gasteiger charge is 2.21. The standard InChI is InChI=1S/C29H24N4O4/c1-33(18-7-5-4-6-8-18)19-9-11-24(21(13-19)22-14-20(34)10-12-26(22)35)32-29-23-15-27(36-2)28(37-3)16-25(23)30-17-31-29/h4-17H,1-3H3,(H,30,31,32). The van der Waals surface area contributed by atoms with Gasteiger partial charge in [0.2, 0.25) is 0 Å². The summed E-state index contributed by atoms with van der Waals surface area (Å²) < 4.78 is 10.9. The first kappa shape index (κ1) is 23.7. The number of para-hydroxylation sites is 1.